The molecule has 1 N–H and O–H groups in total. The van der Waals surface area contributed by atoms with Crippen LogP contribution in [0.25, 0.3) is 11.3 Å². The third-order valence-electron chi connectivity index (χ3n) is 6.11. The van der Waals surface area contributed by atoms with E-state index in [0.717, 1.165) is 15.4 Å². The van der Waals surface area contributed by atoms with E-state index in [0.29, 0.717) is 22.8 Å². The van der Waals surface area contributed by atoms with E-state index in [9.17, 15) is 23.3 Å². The number of nitro benzene ring substituents is 1. The Balaban J connectivity index is 1.49. The number of carbonyl (C=O) groups excluding carboxylic acids is 1. The van der Waals surface area contributed by atoms with Gasteiger partial charge in [-0.3, -0.25) is 19.2 Å². The average molecular weight is 561 g/mol. The van der Waals surface area contributed by atoms with Crippen molar-refractivity contribution in [3.63, 3.8) is 0 Å². The van der Waals surface area contributed by atoms with Gasteiger partial charge in [-0.2, -0.15) is 5.10 Å². The van der Waals surface area contributed by atoms with E-state index in [-0.39, 0.29) is 16.5 Å². The van der Waals surface area contributed by atoms with E-state index in [2.05, 4.69) is 10.5 Å². The number of hydrogen-bond acceptors (Lipinski definition) is 7. The fraction of sp³-hybridized carbons (Fsp3) is 0.172. The number of benzene rings is 3. The van der Waals surface area contributed by atoms with Crippen LogP contribution in [0.5, 0.6) is 0 Å². The zero-order valence-corrected chi connectivity index (χ0v) is 23.0. The second-order valence-corrected chi connectivity index (χ2v) is 11.2. The highest BCUT2D eigenvalue weighted by Gasteiger charge is 2.27. The van der Waals surface area contributed by atoms with Gasteiger partial charge in [0.25, 0.3) is 21.6 Å². The number of rotatable bonds is 10. The summed E-state index contributed by atoms with van der Waals surface area (Å²) in [4.78, 5) is 23.2. The lowest BCUT2D eigenvalue weighted by Gasteiger charge is -2.24. The minimum atomic E-state index is -4.05. The molecule has 11 heteroatoms. The number of carbonyl (C=O) groups is 1. The lowest BCUT2D eigenvalue weighted by atomic mass is 10.0. The van der Waals surface area contributed by atoms with Crippen LogP contribution in [0, 0.1) is 17.0 Å². The SMILES string of the molecule is Cc1ccc(S(=O)(=O)N(CC(=O)N/N=C\c2ccc(-c3ccc([N+](=O)[O-])cc3)o2)c2ccc(C(C)C)cc2)cc1. The van der Waals surface area contributed by atoms with Crippen molar-refractivity contribution in [3.05, 3.63) is 112 Å². The van der Waals surface area contributed by atoms with Crippen molar-refractivity contribution in [2.24, 2.45) is 5.10 Å². The molecule has 10 nitrogen and oxygen atoms in total. The molecular weight excluding hydrogens is 532 g/mol. The zero-order chi connectivity index (χ0) is 28.9. The molecule has 40 heavy (non-hydrogen) atoms. The molecule has 0 unspecified atom stereocenters. The first-order valence-electron chi connectivity index (χ1n) is 12.4. The Bertz CT molecular complexity index is 1630. The summed E-state index contributed by atoms with van der Waals surface area (Å²) < 4.78 is 33.8. The summed E-state index contributed by atoms with van der Waals surface area (Å²) in [5.74, 6) is 0.392. The van der Waals surface area contributed by atoms with E-state index >= 15 is 0 Å². The molecule has 3 aromatic carbocycles. The average Bonchev–Trinajstić information content (AvgIpc) is 3.41. The molecule has 0 spiro atoms. The van der Waals surface area contributed by atoms with Gasteiger partial charge in [-0.1, -0.05) is 43.7 Å². The maximum absolute atomic E-state index is 13.5. The molecule has 0 aliphatic rings. The highest BCUT2D eigenvalue weighted by Crippen LogP contribution is 2.26. The number of sulfonamides is 1. The van der Waals surface area contributed by atoms with Gasteiger partial charge >= 0.3 is 0 Å². The number of nitro groups is 1. The highest BCUT2D eigenvalue weighted by atomic mass is 32.2. The Morgan fingerprint density at radius 1 is 1.00 bits per heavy atom. The lowest BCUT2D eigenvalue weighted by molar-refractivity contribution is -0.384. The highest BCUT2D eigenvalue weighted by molar-refractivity contribution is 7.92. The first-order valence-corrected chi connectivity index (χ1v) is 13.8. The summed E-state index contributed by atoms with van der Waals surface area (Å²) in [6.45, 7) is 5.43. The van der Waals surface area contributed by atoms with Crippen LogP contribution in [0.15, 0.2) is 99.3 Å². The van der Waals surface area contributed by atoms with Crippen LogP contribution in [0.3, 0.4) is 0 Å². The number of hydrogen-bond donors (Lipinski definition) is 1. The predicted octanol–water partition coefficient (Wildman–Crippen LogP) is 5.63. The number of aryl methyl sites for hydroxylation is 1. The predicted molar refractivity (Wildman–Crippen MR) is 153 cm³/mol. The van der Waals surface area contributed by atoms with Crippen LogP contribution >= 0.6 is 0 Å². The molecule has 0 radical (unpaired) electrons. The maximum Gasteiger partial charge on any atom is 0.269 e. The summed E-state index contributed by atoms with van der Waals surface area (Å²) in [7, 11) is -4.05. The third-order valence-corrected chi connectivity index (χ3v) is 7.90. The van der Waals surface area contributed by atoms with E-state index < -0.39 is 27.4 Å². The molecule has 0 aliphatic heterocycles. The number of nitrogens with zero attached hydrogens (tertiary/aromatic N) is 3. The second-order valence-electron chi connectivity index (χ2n) is 9.37. The molecule has 1 aromatic heterocycles. The van der Waals surface area contributed by atoms with Gasteiger partial charge in [-0.15, -0.1) is 0 Å². The van der Waals surface area contributed by atoms with E-state index in [1.54, 1.807) is 48.5 Å². The molecule has 0 bridgehead atoms. The van der Waals surface area contributed by atoms with Gasteiger partial charge in [0.2, 0.25) is 0 Å². The standard InChI is InChI=1S/C29H28N4O6S/c1-20(2)22-6-10-24(11-7-22)32(40(37,38)27-15-4-21(3)5-16-27)19-29(34)31-30-18-26-14-17-28(39-26)23-8-12-25(13-9-23)33(35)36/h4-18,20H,19H2,1-3H3,(H,31,34)/b30-18-. The molecule has 0 saturated carbocycles. The van der Waals surface area contributed by atoms with Crippen molar-refractivity contribution in [1.29, 1.82) is 0 Å². The first-order chi connectivity index (χ1) is 19.0. The molecule has 0 fully saturated rings. The summed E-state index contributed by atoms with van der Waals surface area (Å²) in [5, 5.41) is 14.8. The Kier molecular flexibility index (Phi) is 8.44. The summed E-state index contributed by atoms with van der Waals surface area (Å²) in [5.41, 5.74) is 5.25. The molecular formula is C29H28N4O6S. The van der Waals surface area contributed by atoms with E-state index in [4.69, 9.17) is 4.42 Å². The lowest BCUT2D eigenvalue weighted by Crippen LogP contribution is -2.39. The number of non-ortho nitro benzene ring substituents is 1. The van der Waals surface area contributed by atoms with Crippen LogP contribution in [0.2, 0.25) is 0 Å². The molecule has 0 saturated heterocycles. The molecule has 1 heterocycles. The zero-order valence-electron chi connectivity index (χ0n) is 22.1. The van der Waals surface area contributed by atoms with Gasteiger partial charge < -0.3 is 4.42 Å². The van der Waals surface area contributed by atoms with Crippen molar-refractivity contribution in [3.8, 4) is 11.3 Å². The number of nitrogens with one attached hydrogen (secondary N) is 1. The van der Waals surface area contributed by atoms with Crippen LogP contribution in [-0.2, 0) is 14.8 Å². The summed E-state index contributed by atoms with van der Waals surface area (Å²) >= 11 is 0. The van der Waals surface area contributed by atoms with Crippen molar-refractivity contribution in [2.45, 2.75) is 31.6 Å². The van der Waals surface area contributed by atoms with Crippen molar-refractivity contribution in [2.75, 3.05) is 10.8 Å². The number of hydrazone groups is 1. The van der Waals surface area contributed by atoms with Crippen LogP contribution in [0.4, 0.5) is 11.4 Å². The Labute approximate surface area is 232 Å². The fourth-order valence-electron chi connectivity index (χ4n) is 3.84. The van der Waals surface area contributed by atoms with Crippen LogP contribution in [0.1, 0.15) is 36.7 Å². The molecule has 206 valence electrons. The smallest absolute Gasteiger partial charge is 0.269 e. The quantitative estimate of drug-likeness (QED) is 0.152. The fourth-order valence-corrected chi connectivity index (χ4v) is 5.26. The van der Waals surface area contributed by atoms with Crippen molar-refractivity contribution < 1.29 is 22.6 Å². The third kappa shape index (κ3) is 6.62. The largest absolute Gasteiger partial charge is 0.455 e. The van der Waals surface area contributed by atoms with Gasteiger partial charge in [0.05, 0.1) is 21.7 Å². The Hall–Kier alpha value is -4.77. The summed E-state index contributed by atoms with van der Waals surface area (Å²) in [6.07, 6.45) is 1.28. The Morgan fingerprint density at radius 2 is 1.65 bits per heavy atom. The number of amides is 1. The number of anilines is 1. The van der Waals surface area contributed by atoms with Crippen molar-refractivity contribution in [1.82, 2.24) is 5.43 Å². The normalized spacial score (nSPS) is 11.6. The van der Waals surface area contributed by atoms with Gasteiger partial charge in [0, 0.05) is 17.7 Å². The molecule has 1 amide bonds. The molecule has 4 aromatic rings. The minimum Gasteiger partial charge on any atom is -0.455 e. The monoisotopic (exact) mass is 560 g/mol. The minimum absolute atomic E-state index is 0.0332. The maximum atomic E-state index is 13.5. The summed E-state index contributed by atoms with van der Waals surface area (Å²) in [6, 6.07) is 22.6. The van der Waals surface area contributed by atoms with Gasteiger partial charge in [0.1, 0.15) is 18.1 Å². The van der Waals surface area contributed by atoms with Crippen LogP contribution < -0.4 is 9.73 Å². The molecule has 0 aliphatic carbocycles. The molecule has 0 atom stereocenters. The topological polar surface area (TPSA) is 135 Å². The first kappa shape index (κ1) is 28.2. The van der Waals surface area contributed by atoms with Crippen LogP contribution in [-0.4, -0.2) is 32.0 Å². The number of furan rings is 1. The van der Waals surface area contributed by atoms with Crippen molar-refractivity contribution >= 4 is 33.5 Å². The molecule has 4 rings (SSSR count). The van der Waals surface area contributed by atoms with E-state index in [1.807, 2.05) is 32.9 Å². The second kappa shape index (κ2) is 12.0. The Morgan fingerprint density at radius 3 is 2.25 bits per heavy atom. The van der Waals surface area contributed by atoms with Gasteiger partial charge in [-0.05, 0) is 66.9 Å². The van der Waals surface area contributed by atoms with Gasteiger partial charge in [-0.25, -0.2) is 13.8 Å². The van der Waals surface area contributed by atoms with Gasteiger partial charge in [0.15, 0.2) is 0 Å². The van der Waals surface area contributed by atoms with E-state index in [1.165, 1.54) is 30.5 Å².